The van der Waals surface area contributed by atoms with Crippen LogP contribution >= 0.6 is 0 Å². The Labute approximate surface area is 91.4 Å². The van der Waals surface area contributed by atoms with Crippen LogP contribution in [0.1, 0.15) is 25.7 Å². The normalized spacial score (nSPS) is 42.7. The molecule has 15 heavy (non-hydrogen) atoms. The first-order valence-electron chi connectivity index (χ1n) is 6.20. The van der Waals surface area contributed by atoms with Gasteiger partial charge >= 0.3 is 0 Å². The molecular weight excluding hydrogens is 188 g/mol. The van der Waals surface area contributed by atoms with Crippen molar-refractivity contribution in [3.63, 3.8) is 0 Å². The summed E-state index contributed by atoms with van der Waals surface area (Å²) in [5, 5.41) is 0. The standard InChI is InChI=1S/C12H20N2O/c1-13-7-9-2-3-11(13)12(6-9)14-5-4-10(15)8-14/h9,11-12H,2-8H2,1H3. The smallest absolute Gasteiger partial charge is 0.148 e. The first kappa shape index (κ1) is 9.79. The van der Waals surface area contributed by atoms with Gasteiger partial charge in [0.05, 0.1) is 6.54 Å². The summed E-state index contributed by atoms with van der Waals surface area (Å²) in [6.45, 7) is 3.02. The molecule has 3 atom stereocenters. The van der Waals surface area contributed by atoms with E-state index in [1.165, 1.54) is 25.8 Å². The number of nitrogens with zero attached hydrogens (tertiary/aromatic N) is 2. The largest absolute Gasteiger partial charge is 0.302 e. The van der Waals surface area contributed by atoms with E-state index in [0.717, 1.165) is 31.5 Å². The SMILES string of the molecule is CN1CC2CCC1C(N1CCC(=O)C1)C2. The Morgan fingerprint density at radius 3 is 2.73 bits per heavy atom. The van der Waals surface area contributed by atoms with Gasteiger partial charge < -0.3 is 4.90 Å². The highest BCUT2D eigenvalue weighted by Gasteiger charge is 2.42. The van der Waals surface area contributed by atoms with E-state index in [1.54, 1.807) is 0 Å². The van der Waals surface area contributed by atoms with Gasteiger partial charge in [0.25, 0.3) is 0 Å². The molecule has 3 heterocycles. The molecule has 0 aromatic heterocycles. The van der Waals surface area contributed by atoms with Crippen molar-refractivity contribution in [2.75, 3.05) is 26.7 Å². The Kier molecular flexibility index (Phi) is 2.33. The van der Waals surface area contributed by atoms with E-state index in [2.05, 4.69) is 16.8 Å². The third-order valence-electron chi connectivity index (χ3n) is 4.53. The molecule has 2 bridgehead atoms. The van der Waals surface area contributed by atoms with Crippen molar-refractivity contribution in [2.24, 2.45) is 5.92 Å². The first-order chi connectivity index (χ1) is 7.24. The van der Waals surface area contributed by atoms with E-state index in [0.29, 0.717) is 11.8 Å². The molecule has 3 nitrogen and oxygen atoms in total. The molecule has 0 aromatic rings. The lowest BCUT2D eigenvalue weighted by molar-refractivity contribution is -0.117. The number of Topliss-reactive ketones (excluding diaryl/α,β-unsaturated/α-hetero) is 1. The van der Waals surface area contributed by atoms with Gasteiger partial charge in [0.15, 0.2) is 0 Å². The number of ketones is 1. The Bertz CT molecular complexity index is 279. The number of hydrogen-bond acceptors (Lipinski definition) is 3. The molecule has 1 saturated carbocycles. The lowest BCUT2D eigenvalue weighted by atomic mass is 9.76. The molecule has 0 aromatic carbocycles. The molecule has 0 N–H and O–H groups in total. The number of likely N-dealkylation sites (tertiary alicyclic amines) is 1. The maximum atomic E-state index is 11.3. The third-order valence-corrected chi connectivity index (χ3v) is 4.53. The Balaban J connectivity index is 1.74. The molecule has 1 aliphatic carbocycles. The molecule has 3 unspecified atom stereocenters. The summed E-state index contributed by atoms with van der Waals surface area (Å²) in [4.78, 5) is 16.3. The van der Waals surface area contributed by atoms with Crippen molar-refractivity contribution >= 4 is 5.78 Å². The van der Waals surface area contributed by atoms with Crippen LogP contribution < -0.4 is 0 Å². The van der Waals surface area contributed by atoms with E-state index in [1.807, 2.05) is 0 Å². The molecule has 3 saturated heterocycles. The highest BCUT2D eigenvalue weighted by Crippen LogP contribution is 2.37. The molecule has 3 heteroatoms. The minimum Gasteiger partial charge on any atom is -0.302 e. The lowest BCUT2D eigenvalue weighted by Gasteiger charge is -2.51. The number of carbonyl (C=O) groups excluding carboxylic acids is 1. The first-order valence-corrected chi connectivity index (χ1v) is 6.20. The summed E-state index contributed by atoms with van der Waals surface area (Å²) in [7, 11) is 2.25. The second-order valence-corrected chi connectivity index (χ2v) is 5.51. The average molecular weight is 208 g/mol. The number of piperidine rings is 2. The number of rotatable bonds is 1. The fraction of sp³-hybridized carbons (Fsp3) is 0.917. The minimum atomic E-state index is 0.444. The van der Waals surface area contributed by atoms with Gasteiger partial charge in [-0.2, -0.15) is 0 Å². The van der Waals surface area contributed by atoms with Crippen molar-refractivity contribution in [2.45, 2.75) is 37.8 Å². The van der Waals surface area contributed by atoms with Gasteiger partial charge in [-0.15, -0.1) is 0 Å². The minimum absolute atomic E-state index is 0.444. The van der Waals surface area contributed by atoms with Crippen LogP contribution in [-0.2, 0) is 4.79 Å². The van der Waals surface area contributed by atoms with Crippen LogP contribution in [0.25, 0.3) is 0 Å². The van der Waals surface area contributed by atoms with Crippen LogP contribution in [0.2, 0.25) is 0 Å². The number of carbonyl (C=O) groups is 1. The molecule has 4 fully saturated rings. The topological polar surface area (TPSA) is 23.6 Å². The van der Waals surface area contributed by atoms with Gasteiger partial charge in [-0.3, -0.25) is 9.69 Å². The second-order valence-electron chi connectivity index (χ2n) is 5.51. The molecule has 3 aliphatic heterocycles. The summed E-state index contributed by atoms with van der Waals surface area (Å²) in [6, 6.07) is 1.40. The molecule has 4 rings (SSSR count). The van der Waals surface area contributed by atoms with E-state index in [9.17, 15) is 4.79 Å². The van der Waals surface area contributed by atoms with Crippen molar-refractivity contribution in [3.05, 3.63) is 0 Å². The van der Waals surface area contributed by atoms with Gasteiger partial charge in [-0.05, 0) is 32.2 Å². The van der Waals surface area contributed by atoms with Gasteiger partial charge in [-0.25, -0.2) is 0 Å². The van der Waals surface area contributed by atoms with Crippen molar-refractivity contribution < 1.29 is 4.79 Å². The Morgan fingerprint density at radius 1 is 1.27 bits per heavy atom. The highest BCUT2D eigenvalue weighted by molar-refractivity contribution is 5.82. The van der Waals surface area contributed by atoms with Crippen LogP contribution in [-0.4, -0.2) is 54.3 Å². The van der Waals surface area contributed by atoms with Gasteiger partial charge in [0.1, 0.15) is 5.78 Å². The fourth-order valence-corrected chi connectivity index (χ4v) is 3.77. The number of likely N-dealkylation sites (N-methyl/N-ethyl adjacent to an activating group) is 1. The lowest BCUT2D eigenvalue weighted by Crippen LogP contribution is -2.59. The average Bonchev–Trinajstić information content (AvgIpc) is 2.65. The summed E-state index contributed by atoms with van der Waals surface area (Å²) in [5.41, 5.74) is 0. The molecule has 0 spiro atoms. The zero-order valence-corrected chi connectivity index (χ0v) is 9.48. The maximum absolute atomic E-state index is 11.3. The molecule has 0 radical (unpaired) electrons. The zero-order valence-electron chi connectivity index (χ0n) is 9.48. The predicted molar refractivity (Wildman–Crippen MR) is 58.7 cm³/mol. The quantitative estimate of drug-likeness (QED) is 0.635. The van der Waals surface area contributed by atoms with Gasteiger partial charge in [0.2, 0.25) is 0 Å². The molecule has 84 valence electrons. The van der Waals surface area contributed by atoms with Crippen LogP contribution in [0.15, 0.2) is 0 Å². The van der Waals surface area contributed by atoms with E-state index in [-0.39, 0.29) is 0 Å². The number of fused-ring (bicyclic) bond motifs is 3. The highest BCUT2D eigenvalue weighted by atomic mass is 16.1. The fourth-order valence-electron chi connectivity index (χ4n) is 3.77. The van der Waals surface area contributed by atoms with E-state index >= 15 is 0 Å². The van der Waals surface area contributed by atoms with E-state index < -0.39 is 0 Å². The molecular formula is C12H20N2O. The monoisotopic (exact) mass is 208 g/mol. The molecule has 0 amide bonds. The van der Waals surface area contributed by atoms with Gasteiger partial charge in [0, 0.05) is 31.6 Å². The van der Waals surface area contributed by atoms with Crippen LogP contribution in [0.5, 0.6) is 0 Å². The summed E-state index contributed by atoms with van der Waals surface area (Å²) >= 11 is 0. The third kappa shape index (κ3) is 1.62. The summed E-state index contributed by atoms with van der Waals surface area (Å²) in [5.74, 6) is 1.33. The summed E-state index contributed by atoms with van der Waals surface area (Å²) in [6.07, 6.45) is 4.88. The van der Waals surface area contributed by atoms with Crippen molar-refractivity contribution in [1.29, 1.82) is 0 Å². The van der Waals surface area contributed by atoms with E-state index in [4.69, 9.17) is 0 Å². The van der Waals surface area contributed by atoms with Crippen LogP contribution in [0, 0.1) is 5.92 Å². The van der Waals surface area contributed by atoms with Crippen LogP contribution in [0.4, 0.5) is 0 Å². The maximum Gasteiger partial charge on any atom is 0.148 e. The Morgan fingerprint density at radius 2 is 2.13 bits per heavy atom. The zero-order chi connectivity index (χ0) is 10.4. The van der Waals surface area contributed by atoms with Crippen molar-refractivity contribution in [1.82, 2.24) is 9.80 Å². The van der Waals surface area contributed by atoms with Crippen LogP contribution in [0.3, 0.4) is 0 Å². The summed E-state index contributed by atoms with van der Waals surface area (Å²) < 4.78 is 0. The van der Waals surface area contributed by atoms with Gasteiger partial charge in [-0.1, -0.05) is 0 Å². The number of hydrogen-bond donors (Lipinski definition) is 0. The second kappa shape index (κ2) is 3.56. The predicted octanol–water partition coefficient (Wildman–Crippen LogP) is 0.744. The molecule has 4 aliphatic rings. The van der Waals surface area contributed by atoms with Crippen molar-refractivity contribution in [3.8, 4) is 0 Å². The Hall–Kier alpha value is -0.410.